The van der Waals surface area contributed by atoms with E-state index in [4.69, 9.17) is 9.15 Å². The number of hydrogen-bond acceptors (Lipinski definition) is 4. The maximum Gasteiger partial charge on any atom is 0.328 e. The summed E-state index contributed by atoms with van der Waals surface area (Å²) in [6, 6.07) is 6.78. The van der Waals surface area contributed by atoms with E-state index in [1.165, 1.54) is 7.11 Å². The molecule has 1 atom stereocenters. The van der Waals surface area contributed by atoms with Crippen molar-refractivity contribution in [3.8, 4) is 0 Å². The Morgan fingerprint density at radius 1 is 1.27 bits per heavy atom. The van der Waals surface area contributed by atoms with Gasteiger partial charge >= 0.3 is 5.97 Å². The van der Waals surface area contributed by atoms with Gasteiger partial charge in [-0.3, -0.25) is 4.79 Å². The number of para-hydroxylation sites is 1. The van der Waals surface area contributed by atoms with E-state index < -0.39 is 17.9 Å². The number of esters is 1. The van der Waals surface area contributed by atoms with E-state index in [9.17, 15) is 9.59 Å². The lowest BCUT2D eigenvalue weighted by molar-refractivity contribution is -0.143. The molecule has 1 N–H and O–H groups in total. The number of carbonyl (C=O) groups excluding carboxylic acids is 2. The highest BCUT2D eigenvalue weighted by Gasteiger charge is 2.26. The summed E-state index contributed by atoms with van der Waals surface area (Å²) >= 11 is 0. The first-order chi connectivity index (χ1) is 10.4. The normalized spacial score (nSPS) is 12.4. The molecule has 5 heteroatoms. The van der Waals surface area contributed by atoms with Crippen molar-refractivity contribution in [3.63, 3.8) is 0 Å². The molecule has 1 aromatic heterocycles. The third kappa shape index (κ3) is 3.30. The Bertz CT molecular complexity index is 687. The summed E-state index contributed by atoms with van der Waals surface area (Å²) in [6.45, 7) is 5.79. The Morgan fingerprint density at radius 2 is 1.95 bits per heavy atom. The van der Waals surface area contributed by atoms with E-state index in [-0.39, 0.29) is 11.7 Å². The fourth-order valence-electron chi connectivity index (χ4n) is 2.44. The highest BCUT2D eigenvalue weighted by molar-refractivity contribution is 6.00. The molecule has 22 heavy (non-hydrogen) atoms. The Morgan fingerprint density at radius 3 is 2.55 bits per heavy atom. The highest BCUT2D eigenvalue weighted by Crippen LogP contribution is 2.25. The summed E-state index contributed by atoms with van der Waals surface area (Å²) in [7, 11) is 1.31. The molecule has 0 aliphatic heterocycles. The van der Waals surface area contributed by atoms with Crippen LogP contribution in [0.1, 0.15) is 36.4 Å². The van der Waals surface area contributed by atoms with Crippen LogP contribution in [0.15, 0.2) is 28.7 Å². The summed E-state index contributed by atoms with van der Waals surface area (Å²) < 4.78 is 10.4. The quantitative estimate of drug-likeness (QED) is 0.862. The van der Waals surface area contributed by atoms with Crippen molar-refractivity contribution < 1.29 is 18.7 Å². The molecule has 1 heterocycles. The Balaban J connectivity index is 2.25. The van der Waals surface area contributed by atoms with Gasteiger partial charge in [-0.15, -0.1) is 0 Å². The number of aryl methyl sites for hydroxylation is 1. The van der Waals surface area contributed by atoms with Crippen LogP contribution in [0.3, 0.4) is 0 Å². The average Bonchev–Trinajstić information content (AvgIpc) is 2.83. The molecule has 0 bridgehead atoms. The van der Waals surface area contributed by atoms with Crippen molar-refractivity contribution in [2.45, 2.75) is 33.2 Å². The van der Waals surface area contributed by atoms with Crippen molar-refractivity contribution in [1.82, 2.24) is 5.32 Å². The number of nitrogens with one attached hydrogen (secondary N) is 1. The summed E-state index contributed by atoms with van der Waals surface area (Å²) in [5, 5.41) is 3.60. The van der Waals surface area contributed by atoms with Crippen LogP contribution >= 0.6 is 0 Å². The van der Waals surface area contributed by atoms with Crippen molar-refractivity contribution in [3.05, 3.63) is 35.6 Å². The molecule has 0 saturated heterocycles. The monoisotopic (exact) mass is 303 g/mol. The maximum absolute atomic E-state index is 12.4. The van der Waals surface area contributed by atoms with Gasteiger partial charge in [0.1, 0.15) is 11.6 Å². The van der Waals surface area contributed by atoms with E-state index in [0.29, 0.717) is 12.0 Å². The molecular formula is C17H21NO4. The van der Waals surface area contributed by atoms with E-state index in [1.54, 1.807) is 0 Å². The first kappa shape index (κ1) is 16.1. The summed E-state index contributed by atoms with van der Waals surface area (Å²) in [6.07, 6.45) is 0.512. The SMILES string of the molecule is COC(=O)C(CC(C)C)NC(=O)c1oc2ccccc2c1C. The zero-order valence-electron chi connectivity index (χ0n) is 13.3. The largest absolute Gasteiger partial charge is 0.467 e. The maximum atomic E-state index is 12.4. The predicted molar refractivity (Wildman–Crippen MR) is 83.7 cm³/mol. The standard InChI is InChI=1S/C17H21NO4/c1-10(2)9-13(17(20)21-4)18-16(19)15-11(3)12-7-5-6-8-14(12)22-15/h5-8,10,13H,9H2,1-4H3,(H,18,19). The minimum Gasteiger partial charge on any atom is -0.467 e. The van der Waals surface area contributed by atoms with E-state index >= 15 is 0 Å². The number of furan rings is 1. The number of ether oxygens (including phenoxy) is 1. The van der Waals surface area contributed by atoms with Crippen molar-refractivity contribution in [2.75, 3.05) is 7.11 Å². The van der Waals surface area contributed by atoms with Crippen LogP contribution in [0.25, 0.3) is 11.0 Å². The van der Waals surface area contributed by atoms with Crippen LogP contribution < -0.4 is 5.32 Å². The fourth-order valence-corrected chi connectivity index (χ4v) is 2.44. The van der Waals surface area contributed by atoms with E-state index in [2.05, 4.69) is 5.32 Å². The van der Waals surface area contributed by atoms with Crippen LogP contribution in [0, 0.1) is 12.8 Å². The minimum atomic E-state index is -0.676. The fraction of sp³-hybridized carbons (Fsp3) is 0.412. The summed E-state index contributed by atoms with van der Waals surface area (Å²) in [5.41, 5.74) is 1.42. The molecule has 0 saturated carbocycles. The first-order valence-corrected chi connectivity index (χ1v) is 7.30. The lowest BCUT2D eigenvalue weighted by Gasteiger charge is -2.17. The number of amides is 1. The summed E-state index contributed by atoms with van der Waals surface area (Å²) in [5.74, 6) is -0.361. The second kappa shape index (κ2) is 6.64. The molecule has 0 aliphatic rings. The molecule has 2 aromatic rings. The number of carbonyl (C=O) groups is 2. The van der Waals surface area contributed by atoms with Crippen LogP contribution in [-0.2, 0) is 9.53 Å². The van der Waals surface area contributed by atoms with Gasteiger partial charge < -0.3 is 14.5 Å². The molecule has 1 aromatic carbocycles. The van der Waals surface area contributed by atoms with Gasteiger partial charge in [-0.2, -0.15) is 0 Å². The second-order valence-electron chi connectivity index (χ2n) is 5.73. The third-order valence-corrected chi connectivity index (χ3v) is 3.55. The van der Waals surface area contributed by atoms with Gasteiger partial charge in [0.05, 0.1) is 7.11 Å². The zero-order valence-corrected chi connectivity index (χ0v) is 13.3. The van der Waals surface area contributed by atoms with E-state index in [0.717, 1.165) is 10.9 Å². The van der Waals surface area contributed by atoms with Gasteiger partial charge in [-0.1, -0.05) is 32.0 Å². The Kier molecular flexibility index (Phi) is 4.85. The van der Waals surface area contributed by atoms with Crippen molar-refractivity contribution >= 4 is 22.8 Å². The molecule has 0 spiro atoms. The Hall–Kier alpha value is -2.30. The van der Waals surface area contributed by atoms with Gasteiger partial charge in [-0.25, -0.2) is 4.79 Å². The summed E-state index contributed by atoms with van der Waals surface area (Å²) in [4.78, 5) is 24.2. The molecule has 118 valence electrons. The molecular weight excluding hydrogens is 282 g/mol. The molecule has 0 radical (unpaired) electrons. The minimum absolute atomic E-state index is 0.235. The second-order valence-corrected chi connectivity index (χ2v) is 5.73. The third-order valence-electron chi connectivity index (χ3n) is 3.55. The molecule has 0 aliphatic carbocycles. The Labute approximate surface area is 129 Å². The zero-order chi connectivity index (χ0) is 16.3. The smallest absolute Gasteiger partial charge is 0.328 e. The first-order valence-electron chi connectivity index (χ1n) is 7.30. The lowest BCUT2D eigenvalue weighted by Crippen LogP contribution is -2.42. The lowest BCUT2D eigenvalue weighted by atomic mass is 10.0. The van der Waals surface area contributed by atoms with Crippen LogP contribution in [-0.4, -0.2) is 25.0 Å². The van der Waals surface area contributed by atoms with Crippen molar-refractivity contribution in [1.29, 1.82) is 0 Å². The average molecular weight is 303 g/mol. The molecule has 1 amide bonds. The van der Waals surface area contributed by atoms with Gasteiger partial charge in [0, 0.05) is 10.9 Å². The molecule has 1 unspecified atom stereocenters. The molecule has 5 nitrogen and oxygen atoms in total. The van der Waals surface area contributed by atoms with Gasteiger partial charge in [0.25, 0.3) is 5.91 Å². The van der Waals surface area contributed by atoms with Crippen LogP contribution in [0.2, 0.25) is 0 Å². The topological polar surface area (TPSA) is 68.5 Å². The van der Waals surface area contributed by atoms with Gasteiger partial charge in [0.2, 0.25) is 0 Å². The number of fused-ring (bicyclic) bond motifs is 1. The van der Waals surface area contributed by atoms with Gasteiger partial charge in [-0.05, 0) is 25.3 Å². The van der Waals surface area contributed by atoms with Crippen LogP contribution in [0.5, 0.6) is 0 Å². The van der Waals surface area contributed by atoms with Crippen LogP contribution in [0.4, 0.5) is 0 Å². The number of methoxy groups -OCH3 is 1. The molecule has 2 rings (SSSR count). The number of benzene rings is 1. The van der Waals surface area contributed by atoms with Gasteiger partial charge in [0.15, 0.2) is 5.76 Å². The van der Waals surface area contributed by atoms with E-state index in [1.807, 2.05) is 45.0 Å². The van der Waals surface area contributed by atoms with Crippen molar-refractivity contribution in [2.24, 2.45) is 5.92 Å². The number of rotatable bonds is 5. The highest BCUT2D eigenvalue weighted by atomic mass is 16.5. The predicted octanol–water partition coefficient (Wildman–Crippen LogP) is 3.06. The molecule has 0 fully saturated rings. The number of hydrogen-bond donors (Lipinski definition) is 1.